The van der Waals surface area contributed by atoms with E-state index in [0.29, 0.717) is 12.5 Å². The molecule has 82 valence electrons. The molecule has 0 N–H and O–H groups in total. The number of likely N-dealkylation sites (tertiary alicyclic amines) is 1. The van der Waals surface area contributed by atoms with Gasteiger partial charge in [0.25, 0.3) is 0 Å². The SMILES string of the molecule is CC1CN(C(=O)OCC2=CCCC=C2)C1. The fourth-order valence-corrected chi connectivity index (χ4v) is 1.86. The van der Waals surface area contributed by atoms with E-state index < -0.39 is 0 Å². The Hall–Kier alpha value is -1.25. The maximum atomic E-state index is 11.5. The minimum Gasteiger partial charge on any atom is -0.445 e. The molecular formula is C12H17NO2. The molecule has 0 aromatic rings. The smallest absolute Gasteiger partial charge is 0.410 e. The minimum absolute atomic E-state index is 0.173. The van der Waals surface area contributed by atoms with Crippen molar-refractivity contribution in [2.45, 2.75) is 19.8 Å². The highest BCUT2D eigenvalue weighted by Gasteiger charge is 2.28. The van der Waals surface area contributed by atoms with Gasteiger partial charge in [-0.2, -0.15) is 0 Å². The fourth-order valence-electron chi connectivity index (χ4n) is 1.86. The highest BCUT2D eigenvalue weighted by molar-refractivity contribution is 5.68. The molecule has 0 spiro atoms. The Morgan fingerprint density at radius 1 is 1.53 bits per heavy atom. The molecule has 0 aromatic carbocycles. The van der Waals surface area contributed by atoms with Crippen LogP contribution in [0.3, 0.4) is 0 Å². The second kappa shape index (κ2) is 4.51. The van der Waals surface area contributed by atoms with Crippen molar-refractivity contribution in [1.29, 1.82) is 0 Å². The van der Waals surface area contributed by atoms with Gasteiger partial charge in [0.1, 0.15) is 6.61 Å². The predicted octanol–water partition coefficient (Wildman–Crippen LogP) is 2.35. The van der Waals surface area contributed by atoms with Gasteiger partial charge in [-0.05, 0) is 24.3 Å². The van der Waals surface area contributed by atoms with E-state index in [2.05, 4.69) is 19.1 Å². The first-order valence-corrected chi connectivity index (χ1v) is 5.53. The average molecular weight is 207 g/mol. The van der Waals surface area contributed by atoms with Crippen molar-refractivity contribution in [2.24, 2.45) is 5.92 Å². The summed E-state index contributed by atoms with van der Waals surface area (Å²) in [5.74, 6) is 0.631. The van der Waals surface area contributed by atoms with E-state index in [-0.39, 0.29) is 6.09 Å². The van der Waals surface area contributed by atoms with Gasteiger partial charge in [0, 0.05) is 13.1 Å². The number of rotatable bonds is 2. The first-order valence-electron chi connectivity index (χ1n) is 5.53. The third kappa shape index (κ3) is 2.61. The molecule has 1 aliphatic heterocycles. The van der Waals surface area contributed by atoms with E-state index in [4.69, 9.17) is 4.74 Å². The fraction of sp³-hybridized carbons (Fsp3) is 0.583. The Labute approximate surface area is 90.4 Å². The summed E-state index contributed by atoms with van der Waals surface area (Å²) in [6.45, 7) is 4.23. The zero-order valence-corrected chi connectivity index (χ0v) is 9.11. The minimum atomic E-state index is -0.173. The molecule has 2 rings (SSSR count). The topological polar surface area (TPSA) is 29.5 Å². The van der Waals surface area contributed by atoms with Gasteiger partial charge >= 0.3 is 6.09 Å². The number of allylic oxidation sites excluding steroid dienone is 2. The summed E-state index contributed by atoms with van der Waals surface area (Å²) in [7, 11) is 0. The van der Waals surface area contributed by atoms with Crippen LogP contribution in [0.25, 0.3) is 0 Å². The normalized spacial score (nSPS) is 20.9. The van der Waals surface area contributed by atoms with Crippen molar-refractivity contribution in [3.05, 3.63) is 23.8 Å². The van der Waals surface area contributed by atoms with Gasteiger partial charge < -0.3 is 9.64 Å². The summed E-state index contributed by atoms with van der Waals surface area (Å²) >= 11 is 0. The van der Waals surface area contributed by atoms with Gasteiger partial charge in [0.05, 0.1) is 0 Å². The maximum Gasteiger partial charge on any atom is 0.410 e. The summed E-state index contributed by atoms with van der Waals surface area (Å²) in [6.07, 6.45) is 8.27. The van der Waals surface area contributed by atoms with Crippen LogP contribution in [-0.2, 0) is 4.74 Å². The molecule has 1 amide bonds. The molecular weight excluding hydrogens is 190 g/mol. The molecule has 1 fully saturated rings. The summed E-state index contributed by atoms with van der Waals surface area (Å²) in [4.78, 5) is 13.2. The average Bonchev–Trinajstić information content (AvgIpc) is 2.23. The highest BCUT2D eigenvalue weighted by atomic mass is 16.6. The first kappa shape index (κ1) is 10.3. The Balaban J connectivity index is 1.71. The molecule has 0 saturated carbocycles. The Kier molecular flexibility index (Phi) is 3.09. The van der Waals surface area contributed by atoms with Crippen molar-refractivity contribution in [3.63, 3.8) is 0 Å². The summed E-state index contributed by atoms with van der Waals surface area (Å²) in [6, 6.07) is 0. The zero-order chi connectivity index (χ0) is 10.7. The second-order valence-electron chi connectivity index (χ2n) is 4.32. The third-order valence-electron chi connectivity index (χ3n) is 2.76. The van der Waals surface area contributed by atoms with Crippen molar-refractivity contribution in [2.75, 3.05) is 19.7 Å². The largest absolute Gasteiger partial charge is 0.445 e. The monoisotopic (exact) mass is 207 g/mol. The van der Waals surface area contributed by atoms with Gasteiger partial charge in [0.15, 0.2) is 0 Å². The molecule has 15 heavy (non-hydrogen) atoms. The van der Waals surface area contributed by atoms with Gasteiger partial charge in [-0.15, -0.1) is 0 Å². The van der Waals surface area contributed by atoms with Gasteiger partial charge in [0.2, 0.25) is 0 Å². The van der Waals surface area contributed by atoms with E-state index >= 15 is 0 Å². The molecule has 3 nitrogen and oxygen atoms in total. The maximum absolute atomic E-state index is 11.5. The van der Waals surface area contributed by atoms with Gasteiger partial charge in [-0.3, -0.25) is 0 Å². The van der Waals surface area contributed by atoms with Crippen LogP contribution in [0.1, 0.15) is 19.8 Å². The first-order chi connectivity index (χ1) is 7.25. The second-order valence-corrected chi connectivity index (χ2v) is 4.32. The third-order valence-corrected chi connectivity index (χ3v) is 2.76. The number of carbonyl (C=O) groups excluding carboxylic acids is 1. The van der Waals surface area contributed by atoms with Crippen LogP contribution in [0.5, 0.6) is 0 Å². The van der Waals surface area contributed by atoms with Gasteiger partial charge in [-0.1, -0.05) is 25.2 Å². The van der Waals surface area contributed by atoms with Gasteiger partial charge in [-0.25, -0.2) is 4.79 Å². The standard InChI is InChI=1S/C12H17NO2/c1-10-7-13(8-10)12(14)15-9-11-5-3-2-4-6-11/h3,5-6,10H,2,4,7-9H2,1H3. The summed E-state index contributed by atoms with van der Waals surface area (Å²) < 4.78 is 5.20. The predicted molar refractivity (Wildman–Crippen MR) is 58.5 cm³/mol. The number of hydrogen-bond acceptors (Lipinski definition) is 2. The molecule has 3 heteroatoms. The molecule has 0 bridgehead atoms. The lowest BCUT2D eigenvalue weighted by Crippen LogP contribution is -2.48. The van der Waals surface area contributed by atoms with E-state index in [0.717, 1.165) is 31.5 Å². The number of hydrogen-bond donors (Lipinski definition) is 0. The zero-order valence-electron chi connectivity index (χ0n) is 9.11. The molecule has 2 aliphatic rings. The number of carbonyl (C=O) groups is 1. The number of ether oxygens (including phenoxy) is 1. The number of nitrogens with zero attached hydrogens (tertiary/aromatic N) is 1. The lowest BCUT2D eigenvalue weighted by atomic mass is 10.0. The highest BCUT2D eigenvalue weighted by Crippen LogP contribution is 2.16. The van der Waals surface area contributed by atoms with E-state index in [1.807, 2.05) is 6.08 Å². The molecule has 0 unspecified atom stereocenters. The quantitative estimate of drug-likeness (QED) is 0.695. The van der Waals surface area contributed by atoms with Crippen LogP contribution in [0.15, 0.2) is 23.8 Å². The lowest BCUT2D eigenvalue weighted by Gasteiger charge is -2.36. The van der Waals surface area contributed by atoms with E-state index in [9.17, 15) is 4.79 Å². The molecule has 0 aromatic heterocycles. The van der Waals surface area contributed by atoms with Crippen LogP contribution in [0, 0.1) is 5.92 Å². The molecule has 1 heterocycles. The van der Waals surface area contributed by atoms with Crippen LogP contribution in [0.2, 0.25) is 0 Å². The molecule has 1 aliphatic carbocycles. The molecule has 1 saturated heterocycles. The Morgan fingerprint density at radius 3 is 2.93 bits per heavy atom. The van der Waals surface area contributed by atoms with Crippen molar-refractivity contribution in [1.82, 2.24) is 4.90 Å². The Morgan fingerprint density at radius 2 is 2.33 bits per heavy atom. The summed E-state index contributed by atoms with van der Waals surface area (Å²) in [5, 5.41) is 0. The van der Waals surface area contributed by atoms with E-state index in [1.54, 1.807) is 4.90 Å². The van der Waals surface area contributed by atoms with Crippen molar-refractivity contribution < 1.29 is 9.53 Å². The van der Waals surface area contributed by atoms with Crippen molar-refractivity contribution >= 4 is 6.09 Å². The van der Waals surface area contributed by atoms with Crippen LogP contribution in [0.4, 0.5) is 4.79 Å². The molecule has 0 atom stereocenters. The van der Waals surface area contributed by atoms with Crippen LogP contribution < -0.4 is 0 Å². The number of amides is 1. The van der Waals surface area contributed by atoms with Crippen molar-refractivity contribution in [3.8, 4) is 0 Å². The van der Waals surface area contributed by atoms with E-state index in [1.165, 1.54) is 0 Å². The summed E-state index contributed by atoms with van der Waals surface area (Å²) in [5.41, 5.74) is 1.11. The Bertz CT molecular complexity index is 301. The van der Waals surface area contributed by atoms with Crippen LogP contribution in [-0.4, -0.2) is 30.7 Å². The lowest BCUT2D eigenvalue weighted by molar-refractivity contribution is 0.0645. The van der Waals surface area contributed by atoms with Crippen LogP contribution >= 0.6 is 0 Å². The molecule has 0 radical (unpaired) electrons.